The van der Waals surface area contributed by atoms with Gasteiger partial charge < -0.3 is 14.5 Å². The number of halogens is 2. The summed E-state index contributed by atoms with van der Waals surface area (Å²) in [5.74, 6) is -0.146. The Balaban J connectivity index is 1.35. The lowest BCUT2D eigenvalue weighted by molar-refractivity contribution is 0.122. The van der Waals surface area contributed by atoms with E-state index < -0.39 is 17.2 Å². The van der Waals surface area contributed by atoms with E-state index in [2.05, 4.69) is 21.0 Å². The van der Waals surface area contributed by atoms with Crippen LogP contribution in [0.3, 0.4) is 0 Å². The summed E-state index contributed by atoms with van der Waals surface area (Å²) in [4.78, 5) is 13.9. The minimum absolute atomic E-state index is 0.353. The van der Waals surface area contributed by atoms with Gasteiger partial charge in [0.15, 0.2) is 5.65 Å². The lowest BCUT2D eigenvalue weighted by atomic mass is 9.88. The van der Waals surface area contributed by atoms with Gasteiger partial charge in [0.05, 0.1) is 48.1 Å². The first-order valence-electron chi connectivity index (χ1n) is 11.9. The Hall–Kier alpha value is -3.59. The molecule has 0 N–H and O–H groups in total. The Kier molecular flexibility index (Phi) is 5.36. The summed E-state index contributed by atoms with van der Waals surface area (Å²) >= 11 is 0. The summed E-state index contributed by atoms with van der Waals surface area (Å²) in [6.45, 7) is 5.79. The normalized spacial score (nSPS) is 20.7. The molecular weight excluding hydrogens is 450 g/mol. The fourth-order valence-electron chi connectivity index (χ4n) is 5.27. The Morgan fingerprint density at radius 2 is 1.86 bits per heavy atom. The van der Waals surface area contributed by atoms with E-state index in [0.717, 1.165) is 55.7 Å². The zero-order chi connectivity index (χ0) is 24.0. The number of nitrogens with zero attached hydrogens (tertiary/aromatic N) is 6. The molecule has 0 saturated carbocycles. The molecule has 0 amide bonds. The van der Waals surface area contributed by atoms with Crippen molar-refractivity contribution in [3.05, 3.63) is 72.2 Å². The van der Waals surface area contributed by atoms with E-state index >= 15 is 0 Å². The molecule has 2 saturated heterocycles. The second kappa shape index (κ2) is 8.57. The highest BCUT2D eigenvalue weighted by atomic mass is 19.1. The number of hydrogen-bond acceptors (Lipinski definition) is 6. The molecule has 35 heavy (non-hydrogen) atoms. The number of rotatable bonds is 4. The van der Waals surface area contributed by atoms with Crippen molar-refractivity contribution in [2.75, 3.05) is 42.6 Å². The molecule has 4 aromatic rings. The molecule has 1 atom stereocenters. The summed E-state index contributed by atoms with van der Waals surface area (Å²) in [6.07, 6.45) is 7.05. The zero-order valence-corrected chi connectivity index (χ0v) is 19.5. The highest BCUT2D eigenvalue weighted by Crippen LogP contribution is 2.42. The lowest BCUT2D eigenvalue weighted by Gasteiger charge is -2.37. The molecule has 0 spiro atoms. The van der Waals surface area contributed by atoms with Gasteiger partial charge in [0.25, 0.3) is 0 Å². The molecule has 0 aliphatic carbocycles. The van der Waals surface area contributed by atoms with Crippen LogP contribution in [0.25, 0.3) is 16.9 Å². The number of pyridine rings is 1. The monoisotopic (exact) mass is 476 g/mol. The highest BCUT2D eigenvalue weighted by molar-refractivity contribution is 5.76. The van der Waals surface area contributed by atoms with E-state index in [1.54, 1.807) is 10.7 Å². The number of morpholine rings is 1. The number of fused-ring (bicyclic) bond motifs is 1. The van der Waals surface area contributed by atoms with E-state index in [-0.39, 0.29) is 0 Å². The Morgan fingerprint density at radius 3 is 2.66 bits per heavy atom. The average molecular weight is 477 g/mol. The molecule has 9 heteroatoms. The first-order valence-corrected chi connectivity index (χ1v) is 11.9. The van der Waals surface area contributed by atoms with Gasteiger partial charge in [0, 0.05) is 31.4 Å². The molecule has 2 aliphatic rings. The van der Waals surface area contributed by atoms with Gasteiger partial charge in [0.1, 0.15) is 17.5 Å². The summed E-state index contributed by atoms with van der Waals surface area (Å²) in [5.41, 5.74) is 2.98. The van der Waals surface area contributed by atoms with E-state index in [4.69, 9.17) is 14.7 Å². The van der Waals surface area contributed by atoms with Gasteiger partial charge in [-0.25, -0.2) is 18.3 Å². The van der Waals surface area contributed by atoms with Gasteiger partial charge in [-0.2, -0.15) is 5.10 Å². The number of hydrogen-bond donors (Lipinski definition) is 0. The molecule has 0 bridgehead atoms. The third-order valence-electron chi connectivity index (χ3n) is 7.18. The van der Waals surface area contributed by atoms with Crippen molar-refractivity contribution >= 4 is 17.2 Å². The molecule has 2 aliphatic heterocycles. The summed E-state index contributed by atoms with van der Waals surface area (Å²) in [5, 5.41) is 4.45. The van der Waals surface area contributed by atoms with Crippen LogP contribution in [0.1, 0.15) is 25.3 Å². The molecular formula is C26H26F2N6O. The largest absolute Gasteiger partial charge is 0.378 e. The molecule has 2 fully saturated rings. The average Bonchev–Trinajstić information content (AvgIpc) is 3.50. The lowest BCUT2D eigenvalue weighted by Crippen LogP contribution is -2.40. The molecule has 5 heterocycles. The van der Waals surface area contributed by atoms with Gasteiger partial charge in [-0.15, -0.1) is 0 Å². The Labute approximate surface area is 202 Å². The standard InChI is InChI=1S/C26H26F2N6O/c1-26(21-15-18(27)3-5-22(21)28)8-2-9-33(26)24-7-10-34-25(31-24)20(17-30-34)23-6-4-19(16-29-23)32-11-13-35-14-12-32/h3-7,10,15-17H,2,8-9,11-14H2,1H3/t26-/m1/s1. The van der Waals surface area contributed by atoms with Crippen LogP contribution < -0.4 is 9.80 Å². The number of ether oxygens (including phenoxy) is 1. The maximum absolute atomic E-state index is 14.8. The number of aromatic nitrogens is 4. The molecule has 6 rings (SSSR count). The summed E-state index contributed by atoms with van der Waals surface area (Å²) in [6, 6.07) is 9.57. The van der Waals surface area contributed by atoms with Gasteiger partial charge in [0.2, 0.25) is 0 Å². The number of anilines is 2. The van der Waals surface area contributed by atoms with Crippen molar-refractivity contribution in [2.24, 2.45) is 0 Å². The minimum atomic E-state index is -0.699. The topological polar surface area (TPSA) is 58.8 Å². The second-order valence-electron chi connectivity index (χ2n) is 9.27. The summed E-state index contributed by atoms with van der Waals surface area (Å²) in [7, 11) is 0. The third kappa shape index (κ3) is 3.80. The van der Waals surface area contributed by atoms with Crippen molar-refractivity contribution in [3.8, 4) is 11.3 Å². The molecule has 1 aromatic carbocycles. The van der Waals surface area contributed by atoms with Crippen molar-refractivity contribution in [3.63, 3.8) is 0 Å². The fourth-order valence-corrected chi connectivity index (χ4v) is 5.27. The SMILES string of the molecule is C[C@]1(c2cc(F)ccc2F)CCCN1c1ccn2ncc(-c3ccc(N4CCOCC4)cn3)c2n1. The Morgan fingerprint density at radius 1 is 1.00 bits per heavy atom. The van der Waals surface area contributed by atoms with Gasteiger partial charge in [-0.1, -0.05) is 0 Å². The van der Waals surface area contributed by atoms with Gasteiger partial charge in [-0.05, 0) is 56.2 Å². The third-order valence-corrected chi connectivity index (χ3v) is 7.18. The van der Waals surface area contributed by atoms with Crippen molar-refractivity contribution in [1.82, 2.24) is 19.6 Å². The van der Waals surface area contributed by atoms with Crippen LogP contribution in [-0.2, 0) is 10.3 Å². The van der Waals surface area contributed by atoms with E-state index in [0.29, 0.717) is 30.0 Å². The van der Waals surface area contributed by atoms with Crippen LogP contribution in [0, 0.1) is 11.6 Å². The molecule has 180 valence electrons. The van der Waals surface area contributed by atoms with Crippen LogP contribution in [0.4, 0.5) is 20.3 Å². The fraction of sp³-hybridized carbons (Fsp3) is 0.346. The van der Waals surface area contributed by atoms with Crippen molar-refractivity contribution in [2.45, 2.75) is 25.3 Å². The van der Waals surface area contributed by atoms with Crippen LogP contribution in [0.15, 0.2) is 55.0 Å². The maximum Gasteiger partial charge on any atom is 0.166 e. The van der Waals surface area contributed by atoms with Crippen molar-refractivity contribution in [1.29, 1.82) is 0 Å². The number of benzene rings is 1. The molecule has 7 nitrogen and oxygen atoms in total. The van der Waals surface area contributed by atoms with Crippen LogP contribution in [0.2, 0.25) is 0 Å². The smallest absolute Gasteiger partial charge is 0.166 e. The molecule has 0 unspecified atom stereocenters. The molecule has 0 radical (unpaired) electrons. The predicted molar refractivity (Wildman–Crippen MR) is 130 cm³/mol. The van der Waals surface area contributed by atoms with Gasteiger partial charge >= 0.3 is 0 Å². The maximum atomic E-state index is 14.8. The van der Waals surface area contributed by atoms with E-state index in [1.807, 2.05) is 31.5 Å². The van der Waals surface area contributed by atoms with E-state index in [1.165, 1.54) is 12.1 Å². The summed E-state index contributed by atoms with van der Waals surface area (Å²) < 4.78 is 35.9. The quantitative estimate of drug-likeness (QED) is 0.435. The first kappa shape index (κ1) is 21.9. The van der Waals surface area contributed by atoms with Gasteiger partial charge in [-0.3, -0.25) is 4.98 Å². The van der Waals surface area contributed by atoms with Crippen LogP contribution >= 0.6 is 0 Å². The minimum Gasteiger partial charge on any atom is -0.378 e. The second-order valence-corrected chi connectivity index (χ2v) is 9.27. The predicted octanol–water partition coefficient (Wildman–Crippen LogP) is 4.42. The Bertz CT molecular complexity index is 1370. The molecule has 3 aromatic heterocycles. The van der Waals surface area contributed by atoms with Crippen LogP contribution in [-0.4, -0.2) is 52.4 Å². The van der Waals surface area contributed by atoms with E-state index in [9.17, 15) is 8.78 Å². The van der Waals surface area contributed by atoms with Crippen LogP contribution in [0.5, 0.6) is 0 Å². The highest BCUT2D eigenvalue weighted by Gasteiger charge is 2.41. The zero-order valence-electron chi connectivity index (χ0n) is 19.5. The van der Waals surface area contributed by atoms with Crippen molar-refractivity contribution < 1.29 is 13.5 Å². The first-order chi connectivity index (χ1) is 17.0.